The standard InChI is InChI=1S/C24H31NO8/c1-15(2)19-9-8-16(3)11-20(19)24-17(7-5-4-6-10-32-25(30)31)12-18(13-21(24)26)33-23(29)14-22(27)28/h11-13,19-20,26H,1,4-10,14H2,2-3H3,(H,27,28)/t19-,20+/m0/s1. The molecule has 1 aliphatic rings. The Balaban J connectivity index is 2.32. The maximum Gasteiger partial charge on any atom is 0.322 e. The number of aromatic hydroxyl groups is 1. The summed E-state index contributed by atoms with van der Waals surface area (Å²) in [6.07, 6.45) is 5.61. The molecule has 2 N–H and O–H groups in total. The number of unbranched alkanes of at least 4 members (excludes halogenated alkanes) is 2. The Kier molecular flexibility index (Phi) is 9.44. The van der Waals surface area contributed by atoms with Gasteiger partial charge in [0, 0.05) is 17.5 Å². The zero-order valence-corrected chi connectivity index (χ0v) is 19.0. The summed E-state index contributed by atoms with van der Waals surface area (Å²) in [4.78, 5) is 37.2. The Morgan fingerprint density at radius 1 is 1.27 bits per heavy atom. The van der Waals surface area contributed by atoms with Gasteiger partial charge in [-0.05, 0) is 63.5 Å². The second kappa shape index (κ2) is 12.0. The summed E-state index contributed by atoms with van der Waals surface area (Å²) in [5.41, 5.74) is 3.76. The normalized spacial score (nSPS) is 17.7. The van der Waals surface area contributed by atoms with Crippen LogP contribution in [0.15, 0.2) is 35.9 Å². The van der Waals surface area contributed by atoms with Crippen LogP contribution in [-0.2, 0) is 20.8 Å². The van der Waals surface area contributed by atoms with E-state index < -0.39 is 23.4 Å². The molecule has 0 spiro atoms. The molecule has 9 heteroatoms. The number of esters is 1. The van der Waals surface area contributed by atoms with Crippen molar-refractivity contribution in [3.63, 3.8) is 0 Å². The molecule has 0 bridgehead atoms. The third kappa shape index (κ3) is 7.93. The molecule has 0 aromatic heterocycles. The maximum absolute atomic E-state index is 11.8. The number of nitrogens with zero attached hydrogens (tertiary/aromatic N) is 1. The molecule has 1 aromatic rings. The molecule has 0 saturated heterocycles. The van der Waals surface area contributed by atoms with Crippen LogP contribution in [0.3, 0.4) is 0 Å². The SMILES string of the molecule is C=C(C)[C@@H]1CCC(C)=C[C@H]1c1c(O)cc(OC(=O)CC(=O)O)cc1CCCCCO[N+](=O)[O-]. The van der Waals surface area contributed by atoms with E-state index in [-0.39, 0.29) is 29.9 Å². The van der Waals surface area contributed by atoms with Crippen LogP contribution < -0.4 is 4.74 Å². The largest absolute Gasteiger partial charge is 0.507 e. The van der Waals surface area contributed by atoms with Crippen LogP contribution in [0, 0.1) is 16.0 Å². The minimum absolute atomic E-state index is 0.0141. The molecule has 0 heterocycles. The molecule has 0 saturated carbocycles. The molecule has 0 aliphatic heterocycles. The molecule has 0 amide bonds. The molecule has 33 heavy (non-hydrogen) atoms. The summed E-state index contributed by atoms with van der Waals surface area (Å²) >= 11 is 0. The van der Waals surface area contributed by atoms with E-state index in [4.69, 9.17) is 9.84 Å². The fourth-order valence-corrected chi connectivity index (χ4v) is 4.25. The molecule has 0 radical (unpaired) electrons. The molecule has 0 fully saturated rings. The average Bonchev–Trinajstić information content (AvgIpc) is 2.69. The molecular formula is C24H31NO8. The van der Waals surface area contributed by atoms with Crippen LogP contribution in [0.5, 0.6) is 11.5 Å². The third-order valence-electron chi connectivity index (χ3n) is 5.75. The van der Waals surface area contributed by atoms with Crippen LogP contribution >= 0.6 is 0 Å². The van der Waals surface area contributed by atoms with E-state index in [0.29, 0.717) is 25.7 Å². The van der Waals surface area contributed by atoms with E-state index in [1.54, 1.807) is 6.07 Å². The quantitative estimate of drug-likeness (QED) is 0.0868. The van der Waals surface area contributed by atoms with Crippen molar-refractivity contribution in [2.75, 3.05) is 6.61 Å². The fourth-order valence-electron chi connectivity index (χ4n) is 4.25. The number of allylic oxidation sites excluding steroid dienone is 3. The summed E-state index contributed by atoms with van der Waals surface area (Å²) in [5.74, 6) is -2.11. The van der Waals surface area contributed by atoms with Crippen LogP contribution in [0.4, 0.5) is 0 Å². The average molecular weight is 462 g/mol. The van der Waals surface area contributed by atoms with Gasteiger partial charge in [-0.1, -0.05) is 30.2 Å². The van der Waals surface area contributed by atoms with Crippen molar-refractivity contribution in [1.82, 2.24) is 0 Å². The van der Waals surface area contributed by atoms with Gasteiger partial charge in [-0.3, -0.25) is 9.59 Å². The van der Waals surface area contributed by atoms with Crippen LogP contribution in [0.1, 0.15) is 69.4 Å². The number of aryl methyl sites for hydroxylation is 1. The first-order valence-corrected chi connectivity index (χ1v) is 11.0. The van der Waals surface area contributed by atoms with Crippen LogP contribution in [-0.4, -0.2) is 33.8 Å². The van der Waals surface area contributed by atoms with Gasteiger partial charge >= 0.3 is 11.9 Å². The highest BCUT2D eigenvalue weighted by Crippen LogP contribution is 2.45. The Bertz CT molecular complexity index is 937. The number of carboxylic acid groups (broad SMARTS) is 1. The van der Waals surface area contributed by atoms with Gasteiger partial charge in [0.05, 0.1) is 6.61 Å². The van der Waals surface area contributed by atoms with Gasteiger partial charge in [0.2, 0.25) is 0 Å². The van der Waals surface area contributed by atoms with Crippen molar-refractivity contribution < 1.29 is 34.5 Å². The molecular weight excluding hydrogens is 430 g/mol. The molecule has 9 nitrogen and oxygen atoms in total. The Labute approximate surface area is 192 Å². The highest BCUT2D eigenvalue weighted by molar-refractivity contribution is 5.91. The van der Waals surface area contributed by atoms with Gasteiger partial charge in [-0.2, -0.15) is 0 Å². The van der Waals surface area contributed by atoms with E-state index in [1.807, 2.05) is 6.92 Å². The second-order valence-corrected chi connectivity index (χ2v) is 8.46. The van der Waals surface area contributed by atoms with E-state index in [9.17, 15) is 24.8 Å². The first kappa shape index (κ1) is 25.9. The van der Waals surface area contributed by atoms with E-state index >= 15 is 0 Å². The number of rotatable bonds is 12. The van der Waals surface area contributed by atoms with Crippen molar-refractivity contribution in [2.24, 2.45) is 5.92 Å². The van der Waals surface area contributed by atoms with Crippen molar-refractivity contribution in [3.05, 3.63) is 57.2 Å². The number of ether oxygens (including phenoxy) is 1. The first-order chi connectivity index (χ1) is 15.6. The summed E-state index contributed by atoms with van der Waals surface area (Å²) < 4.78 is 5.15. The van der Waals surface area contributed by atoms with Crippen LogP contribution in [0.25, 0.3) is 0 Å². The van der Waals surface area contributed by atoms with Gasteiger partial charge in [-0.25, -0.2) is 0 Å². The topological polar surface area (TPSA) is 136 Å². The predicted octanol–water partition coefficient (Wildman–Crippen LogP) is 4.71. The lowest BCUT2D eigenvalue weighted by Crippen LogP contribution is -2.19. The van der Waals surface area contributed by atoms with Gasteiger partial charge in [0.15, 0.2) is 0 Å². The number of hydrogen-bond donors (Lipinski definition) is 2. The van der Waals surface area contributed by atoms with Crippen LogP contribution in [0.2, 0.25) is 0 Å². The third-order valence-corrected chi connectivity index (χ3v) is 5.75. The lowest BCUT2D eigenvalue weighted by atomic mass is 9.72. The first-order valence-electron chi connectivity index (χ1n) is 11.0. The molecule has 2 rings (SSSR count). The number of carboxylic acids is 1. The second-order valence-electron chi connectivity index (χ2n) is 8.46. The number of carbonyl (C=O) groups excluding carboxylic acids is 1. The highest BCUT2D eigenvalue weighted by Gasteiger charge is 2.30. The monoisotopic (exact) mass is 461 g/mol. The van der Waals surface area contributed by atoms with Crippen molar-refractivity contribution in [3.8, 4) is 11.5 Å². The highest BCUT2D eigenvalue weighted by atomic mass is 16.9. The summed E-state index contributed by atoms with van der Waals surface area (Å²) in [7, 11) is 0. The Morgan fingerprint density at radius 3 is 2.64 bits per heavy atom. The minimum Gasteiger partial charge on any atom is -0.507 e. The number of phenolic OH excluding ortho intramolecular Hbond substituents is 1. The molecule has 1 aliphatic carbocycles. The number of benzene rings is 1. The maximum atomic E-state index is 11.8. The zero-order chi connectivity index (χ0) is 24.5. The van der Waals surface area contributed by atoms with Gasteiger partial charge < -0.3 is 19.8 Å². The molecule has 1 aromatic carbocycles. The Hall–Kier alpha value is -3.36. The van der Waals surface area contributed by atoms with Gasteiger partial charge in [0.1, 0.15) is 17.9 Å². The molecule has 180 valence electrons. The predicted molar refractivity (Wildman–Crippen MR) is 121 cm³/mol. The van der Waals surface area contributed by atoms with Crippen molar-refractivity contribution >= 4 is 11.9 Å². The minimum atomic E-state index is -1.30. The lowest BCUT2D eigenvalue weighted by Gasteiger charge is -2.32. The Morgan fingerprint density at radius 2 is 2.00 bits per heavy atom. The number of phenols is 1. The fraction of sp³-hybridized carbons (Fsp3) is 0.500. The van der Waals surface area contributed by atoms with Gasteiger partial charge in [-0.15, -0.1) is 10.1 Å². The van der Waals surface area contributed by atoms with Crippen molar-refractivity contribution in [2.45, 2.75) is 64.7 Å². The van der Waals surface area contributed by atoms with E-state index in [0.717, 1.165) is 29.5 Å². The summed E-state index contributed by atoms with van der Waals surface area (Å²) in [6, 6.07) is 3.01. The number of hydrogen-bond acceptors (Lipinski definition) is 7. The van der Waals surface area contributed by atoms with E-state index in [2.05, 4.69) is 24.4 Å². The van der Waals surface area contributed by atoms with E-state index in [1.165, 1.54) is 11.6 Å². The van der Waals surface area contributed by atoms with Gasteiger partial charge in [0.25, 0.3) is 5.09 Å². The molecule has 2 atom stereocenters. The molecule has 0 unspecified atom stereocenters. The lowest BCUT2D eigenvalue weighted by molar-refractivity contribution is -0.757. The summed E-state index contributed by atoms with van der Waals surface area (Å²) in [6.45, 7) is 8.17. The van der Waals surface area contributed by atoms with Crippen molar-refractivity contribution in [1.29, 1.82) is 0 Å². The number of carbonyl (C=O) groups is 2. The summed E-state index contributed by atoms with van der Waals surface area (Å²) in [5, 5.41) is 29.2. The smallest absolute Gasteiger partial charge is 0.322 e. The zero-order valence-electron chi connectivity index (χ0n) is 19.0. The number of aliphatic carboxylic acids is 1.